The molecule has 4 heteroatoms. The number of amides is 1. The number of nitrogens with zero attached hydrogens (tertiary/aromatic N) is 2. The Bertz CT molecular complexity index is 647. The number of para-hydroxylation sites is 1. The van der Waals surface area contributed by atoms with Crippen LogP contribution >= 0.6 is 0 Å². The zero-order chi connectivity index (χ0) is 14.8. The maximum atomic E-state index is 12.2. The van der Waals surface area contributed by atoms with Gasteiger partial charge >= 0.3 is 0 Å². The summed E-state index contributed by atoms with van der Waals surface area (Å²) in [6.45, 7) is 3.78. The van der Waals surface area contributed by atoms with Crippen LogP contribution < -0.4 is 4.90 Å². The topological polar surface area (TPSA) is 49.0 Å². The molecule has 1 aliphatic rings. The standard InChI is InChI=1S/C17H21N3O/c1-3-6-14-11-18-17(19-14)16-10-9-13-7-4-5-8-15(13)20(16)12(2)21/h4-5,7-8,11,16H,3,6,9-10H2,1-2H3,(H,18,19). The van der Waals surface area contributed by atoms with E-state index >= 15 is 0 Å². The number of aromatic nitrogens is 2. The summed E-state index contributed by atoms with van der Waals surface area (Å²) in [5.41, 5.74) is 3.41. The summed E-state index contributed by atoms with van der Waals surface area (Å²) >= 11 is 0. The van der Waals surface area contributed by atoms with E-state index in [1.807, 2.05) is 29.3 Å². The minimum atomic E-state index is 0.0167. The van der Waals surface area contributed by atoms with Crippen LogP contribution in [0.4, 0.5) is 5.69 Å². The second-order valence-electron chi connectivity index (χ2n) is 5.62. The molecule has 1 atom stereocenters. The van der Waals surface area contributed by atoms with Crippen molar-refractivity contribution in [2.45, 2.75) is 45.6 Å². The highest BCUT2D eigenvalue weighted by Gasteiger charge is 2.31. The lowest BCUT2D eigenvalue weighted by Gasteiger charge is -2.35. The molecule has 2 aromatic rings. The van der Waals surface area contributed by atoms with Crippen molar-refractivity contribution in [3.05, 3.63) is 47.5 Å². The summed E-state index contributed by atoms with van der Waals surface area (Å²) in [5, 5.41) is 0. The lowest BCUT2D eigenvalue weighted by Crippen LogP contribution is -2.37. The quantitative estimate of drug-likeness (QED) is 0.938. The fourth-order valence-corrected chi connectivity index (χ4v) is 3.14. The van der Waals surface area contributed by atoms with Gasteiger partial charge in [-0.25, -0.2) is 4.98 Å². The monoisotopic (exact) mass is 283 g/mol. The Hall–Kier alpha value is -2.10. The Balaban J connectivity index is 1.96. The molecule has 4 nitrogen and oxygen atoms in total. The van der Waals surface area contributed by atoms with Gasteiger partial charge < -0.3 is 9.88 Å². The number of aromatic amines is 1. The number of benzene rings is 1. The fraction of sp³-hybridized carbons (Fsp3) is 0.412. The van der Waals surface area contributed by atoms with Gasteiger partial charge in [0.25, 0.3) is 0 Å². The van der Waals surface area contributed by atoms with E-state index in [0.29, 0.717) is 0 Å². The van der Waals surface area contributed by atoms with Gasteiger partial charge in [0.1, 0.15) is 5.82 Å². The number of anilines is 1. The van der Waals surface area contributed by atoms with Crippen LogP contribution in [-0.4, -0.2) is 15.9 Å². The van der Waals surface area contributed by atoms with E-state index in [1.54, 1.807) is 6.92 Å². The second kappa shape index (κ2) is 5.72. The van der Waals surface area contributed by atoms with Crippen LogP contribution in [0.5, 0.6) is 0 Å². The van der Waals surface area contributed by atoms with Gasteiger partial charge in [0, 0.05) is 24.5 Å². The number of H-pyrrole nitrogens is 1. The first-order valence-corrected chi connectivity index (χ1v) is 7.62. The Morgan fingerprint density at radius 2 is 2.24 bits per heavy atom. The van der Waals surface area contributed by atoms with Gasteiger partial charge in [0.15, 0.2) is 0 Å². The lowest BCUT2D eigenvalue weighted by atomic mass is 9.95. The molecule has 0 aliphatic carbocycles. The molecule has 1 amide bonds. The summed E-state index contributed by atoms with van der Waals surface area (Å²) in [6, 6.07) is 8.17. The molecule has 2 heterocycles. The van der Waals surface area contributed by atoms with Crippen molar-refractivity contribution >= 4 is 11.6 Å². The zero-order valence-corrected chi connectivity index (χ0v) is 12.6. The minimum Gasteiger partial charge on any atom is -0.344 e. The van der Waals surface area contributed by atoms with Crippen LogP contribution in [0, 0.1) is 0 Å². The first-order chi connectivity index (χ1) is 10.2. The molecule has 1 aromatic heterocycles. The highest BCUT2D eigenvalue weighted by atomic mass is 16.2. The number of fused-ring (bicyclic) bond motifs is 1. The molecule has 110 valence electrons. The van der Waals surface area contributed by atoms with Gasteiger partial charge in [0.05, 0.1) is 6.04 Å². The highest BCUT2D eigenvalue weighted by molar-refractivity contribution is 5.93. The summed E-state index contributed by atoms with van der Waals surface area (Å²) in [5.74, 6) is 0.976. The van der Waals surface area contributed by atoms with E-state index in [4.69, 9.17) is 0 Å². The van der Waals surface area contributed by atoms with Gasteiger partial charge in [-0.1, -0.05) is 31.5 Å². The molecule has 1 aromatic carbocycles. The summed E-state index contributed by atoms with van der Waals surface area (Å²) in [6.07, 6.45) is 5.88. The molecule has 0 saturated carbocycles. The molecule has 0 bridgehead atoms. The van der Waals surface area contributed by atoms with Crippen molar-refractivity contribution in [2.75, 3.05) is 4.90 Å². The number of carbonyl (C=O) groups is 1. The molecule has 0 spiro atoms. The van der Waals surface area contributed by atoms with Crippen molar-refractivity contribution in [2.24, 2.45) is 0 Å². The first-order valence-electron chi connectivity index (χ1n) is 7.62. The summed E-state index contributed by atoms with van der Waals surface area (Å²) in [4.78, 5) is 22.0. The largest absolute Gasteiger partial charge is 0.344 e. The molecule has 0 radical (unpaired) electrons. The molecular formula is C17H21N3O. The van der Waals surface area contributed by atoms with E-state index in [1.165, 1.54) is 5.56 Å². The highest BCUT2D eigenvalue weighted by Crippen LogP contribution is 2.37. The fourth-order valence-electron chi connectivity index (χ4n) is 3.14. The number of aryl methyl sites for hydroxylation is 2. The molecule has 0 saturated heterocycles. The Labute approximate surface area is 125 Å². The van der Waals surface area contributed by atoms with Crippen LogP contribution in [0.3, 0.4) is 0 Å². The van der Waals surface area contributed by atoms with Crippen molar-refractivity contribution in [1.29, 1.82) is 0 Å². The van der Waals surface area contributed by atoms with Crippen LogP contribution in [0.15, 0.2) is 30.5 Å². The Morgan fingerprint density at radius 1 is 1.43 bits per heavy atom. The predicted molar refractivity (Wildman–Crippen MR) is 83.2 cm³/mol. The van der Waals surface area contributed by atoms with Crippen molar-refractivity contribution < 1.29 is 4.79 Å². The van der Waals surface area contributed by atoms with Crippen molar-refractivity contribution in [3.8, 4) is 0 Å². The second-order valence-corrected chi connectivity index (χ2v) is 5.62. The maximum Gasteiger partial charge on any atom is 0.224 e. The van der Waals surface area contributed by atoms with Crippen molar-refractivity contribution in [3.63, 3.8) is 0 Å². The van der Waals surface area contributed by atoms with E-state index in [0.717, 1.165) is 42.9 Å². The third-order valence-electron chi connectivity index (χ3n) is 4.07. The van der Waals surface area contributed by atoms with Crippen LogP contribution in [0.2, 0.25) is 0 Å². The minimum absolute atomic E-state index is 0.0167. The Kier molecular flexibility index (Phi) is 3.78. The third-order valence-corrected chi connectivity index (χ3v) is 4.07. The molecule has 1 N–H and O–H groups in total. The van der Waals surface area contributed by atoms with Gasteiger partial charge in [-0.05, 0) is 30.9 Å². The number of hydrogen-bond acceptors (Lipinski definition) is 2. The Morgan fingerprint density at radius 3 is 3.00 bits per heavy atom. The molecule has 21 heavy (non-hydrogen) atoms. The molecular weight excluding hydrogens is 262 g/mol. The van der Waals surface area contributed by atoms with E-state index in [2.05, 4.69) is 23.0 Å². The lowest BCUT2D eigenvalue weighted by molar-refractivity contribution is -0.117. The first kappa shape index (κ1) is 13.9. The summed E-state index contributed by atoms with van der Waals surface area (Å²) < 4.78 is 0. The normalized spacial score (nSPS) is 17.6. The molecule has 1 aliphatic heterocycles. The zero-order valence-electron chi connectivity index (χ0n) is 12.6. The maximum absolute atomic E-state index is 12.2. The van der Waals surface area contributed by atoms with Gasteiger partial charge in [-0.15, -0.1) is 0 Å². The average Bonchev–Trinajstić information content (AvgIpc) is 2.94. The number of rotatable bonds is 3. The molecule has 0 fully saturated rings. The van der Waals surface area contributed by atoms with Crippen LogP contribution in [0.1, 0.15) is 49.8 Å². The average molecular weight is 283 g/mol. The van der Waals surface area contributed by atoms with E-state index in [-0.39, 0.29) is 11.9 Å². The van der Waals surface area contributed by atoms with Gasteiger partial charge in [-0.3, -0.25) is 4.79 Å². The van der Waals surface area contributed by atoms with E-state index < -0.39 is 0 Å². The van der Waals surface area contributed by atoms with E-state index in [9.17, 15) is 4.79 Å². The number of hydrogen-bond donors (Lipinski definition) is 1. The summed E-state index contributed by atoms with van der Waals surface area (Å²) in [7, 11) is 0. The third kappa shape index (κ3) is 2.58. The number of imidazole rings is 1. The van der Waals surface area contributed by atoms with Gasteiger partial charge in [-0.2, -0.15) is 0 Å². The van der Waals surface area contributed by atoms with Crippen LogP contribution in [-0.2, 0) is 17.6 Å². The number of nitrogens with one attached hydrogen (secondary N) is 1. The molecule has 3 rings (SSSR count). The van der Waals surface area contributed by atoms with Crippen LogP contribution in [0.25, 0.3) is 0 Å². The number of carbonyl (C=O) groups excluding carboxylic acids is 1. The molecule has 1 unspecified atom stereocenters. The predicted octanol–water partition coefficient (Wildman–Crippen LogP) is 3.40. The smallest absolute Gasteiger partial charge is 0.224 e. The van der Waals surface area contributed by atoms with Gasteiger partial charge in [0.2, 0.25) is 5.91 Å². The SMILES string of the molecule is CCCc1cnc(C2CCc3ccccc3N2C(C)=O)[nH]1. The van der Waals surface area contributed by atoms with Crippen molar-refractivity contribution in [1.82, 2.24) is 9.97 Å².